The summed E-state index contributed by atoms with van der Waals surface area (Å²) in [4.78, 5) is 8.31. The molecule has 1 aromatic carbocycles. The first kappa shape index (κ1) is 8.85. The van der Waals surface area contributed by atoms with E-state index in [1.165, 1.54) is 5.56 Å². The number of rotatable bonds is 0. The van der Waals surface area contributed by atoms with Crippen LogP contribution in [0, 0.1) is 0 Å². The Morgan fingerprint density at radius 1 is 1.27 bits per heavy atom. The molecule has 0 unspecified atom stereocenters. The molecule has 0 saturated heterocycles. The molecule has 1 aromatic heterocycles. The van der Waals surface area contributed by atoms with E-state index in [-0.39, 0.29) is 0 Å². The first-order valence-corrected chi connectivity index (χ1v) is 5.44. The van der Waals surface area contributed by atoms with Crippen LogP contribution < -0.4 is 5.73 Å². The van der Waals surface area contributed by atoms with Crippen molar-refractivity contribution >= 4 is 21.9 Å². The van der Waals surface area contributed by atoms with Gasteiger partial charge in [0.15, 0.2) is 0 Å². The van der Waals surface area contributed by atoms with Gasteiger partial charge in [-0.3, -0.25) is 0 Å². The lowest BCUT2D eigenvalue weighted by Gasteiger charge is -2.02. The van der Waals surface area contributed by atoms with Crippen molar-refractivity contribution in [3.05, 3.63) is 40.0 Å². The molecule has 0 saturated carbocycles. The van der Waals surface area contributed by atoms with E-state index in [0.717, 1.165) is 27.7 Å². The van der Waals surface area contributed by atoms with Crippen LogP contribution >= 0.6 is 15.9 Å². The average Bonchev–Trinajstić information content (AvgIpc) is 2.57. The Bertz CT molecular complexity index is 552. The Morgan fingerprint density at radius 2 is 2.13 bits per heavy atom. The van der Waals surface area contributed by atoms with E-state index in [2.05, 4.69) is 32.0 Å². The predicted octanol–water partition coefficient (Wildman–Crippen LogP) is 2.39. The number of hydrogen-bond acceptors (Lipinski definition) is 3. The summed E-state index contributed by atoms with van der Waals surface area (Å²) in [5.74, 6) is 0.331. The molecule has 4 heteroatoms. The molecule has 74 valence electrons. The largest absolute Gasteiger partial charge is 0.368 e. The highest BCUT2D eigenvalue weighted by Gasteiger charge is 2.22. The van der Waals surface area contributed by atoms with Crippen molar-refractivity contribution in [3.8, 4) is 11.3 Å². The summed E-state index contributed by atoms with van der Waals surface area (Å²) in [6.07, 6.45) is 2.70. The second kappa shape index (κ2) is 3.03. The van der Waals surface area contributed by atoms with Gasteiger partial charge >= 0.3 is 0 Å². The molecule has 15 heavy (non-hydrogen) atoms. The van der Waals surface area contributed by atoms with Crippen LogP contribution in [0.1, 0.15) is 11.1 Å². The average molecular weight is 262 g/mol. The third-order valence-corrected chi connectivity index (χ3v) is 3.26. The van der Waals surface area contributed by atoms with E-state index >= 15 is 0 Å². The summed E-state index contributed by atoms with van der Waals surface area (Å²) in [7, 11) is 0. The number of nitrogen functional groups attached to an aromatic ring is 1. The maximum atomic E-state index is 5.60. The fourth-order valence-corrected chi connectivity index (χ4v) is 2.55. The van der Waals surface area contributed by atoms with Crippen molar-refractivity contribution in [1.29, 1.82) is 0 Å². The molecular weight excluding hydrogens is 254 g/mol. The zero-order chi connectivity index (χ0) is 10.4. The Labute approximate surface area is 95.5 Å². The van der Waals surface area contributed by atoms with Crippen LogP contribution in [0.15, 0.2) is 28.9 Å². The summed E-state index contributed by atoms with van der Waals surface area (Å²) in [6, 6.07) is 6.16. The minimum Gasteiger partial charge on any atom is -0.368 e. The quantitative estimate of drug-likeness (QED) is 0.676. The Hall–Kier alpha value is -1.42. The van der Waals surface area contributed by atoms with Crippen molar-refractivity contribution in [2.75, 3.05) is 5.73 Å². The number of anilines is 1. The van der Waals surface area contributed by atoms with Crippen molar-refractivity contribution in [2.24, 2.45) is 0 Å². The van der Waals surface area contributed by atoms with E-state index in [9.17, 15) is 0 Å². The van der Waals surface area contributed by atoms with Crippen molar-refractivity contribution in [1.82, 2.24) is 9.97 Å². The lowest BCUT2D eigenvalue weighted by Crippen LogP contribution is -1.96. The van der Waals surface area contributed by atoms with E-state index in [1.54, 1.807) is 0 Å². The van der Waals surface area contributed by atoms with Gasteiger partial charge < -0.3 is 5.73 Å². The van der Waals surface area contributed by atoms with Gasteiger partial charge in [0.1, 0.15) is 0 Å². The fraction of sp³-hybridized carbons (Fsp3) is 0.0909. The van der Waals surface area contributed by atoms with Crippen LogP contribution in [0.4, 0.5) is 5.95 Å². The Morgan fingerprint density at radius 3 is 3.00 bits per heavy atom. The van der Waals surface area contributed by atoms with E-state index in [1.807, 2.05) is 18.3 Å². The van der Waals surface area contributed by atoms with Gasteiger partial charge in [0.05, 0.1) is 5.69 Å². The number of nitrogens with two attached hydrogens (primary N) is 1. The van der Waals surface area contributed by atoms with Gasteiger partial charge in [-0.05, 0) is 11.6 Å². The minimum atomic E-state index is 0.331. The molecule has 3 nitrogen and oxygen atoms in total. The van der Waals surface area contributed by atoms with Crippen LogP contribution in [0.3, 0.4) is 0 Å². The van der Waals surface area contributed by atoms with E-state index in [4.69, 9.17) is 5.73 Å². The highest BCUT2D eigenvalue weighted by atomic mass is 79.9. The highest BCUT2D eigenvalue weighted by molar-refractivity contribution is 9.10. The molecule has 2 N–H and O–H groups in total. The molecule has 1 heterocycles. The molecule has 3 rings (SSSR count). The molecule has 0 radical (unpaired) electrons. The lowest BCUT2D eigenvalue weighted by atomic mass is 10.1. The van der Waals surface area contributed by atoms with E-state index < -0.39 is 0 Å². The molecule has 0 spiro atoms. The molecule has 1 aliphatic rings. The standard InChI is InChI=1S/C11H8BrN3/c12-8-3-1-2-6-4-7-5-14-11(13)15-10(7)9(6)8/h1-3,5H,4H2,(H2,13,14,15). The maximum absolute atomic E-state index is 5.60. The smallest absolute Gasteiger partial charge is 0.220 e. The summed E-state index contributed by atoms with van der Waals surface area (Å²) in [5, 5.41) is 0. The number of hydrogen-bond donors (Lipinski definition) is 1. The number of halogens is 1. The molecule has 1 aliphatic carbocycles. The first-order valence-electron chi connectivity index (χ1n) is 4.65. The molecule has 0 fully saturated rings. The molecule has 0 bridgehead atoms. The number of aromatic nitrogens is 2. The molecule has 0 aliphatic heterocycles. The molecule has 0 atom stereocenters. The fourth-order valence-electron chi connectivity index (χ4n) is 1.95. The van der Waals surface area contributed by atoms with Gasteiger partial charge in [0.2, 0.25) is 5.95 Å². The lowest BCUT2D eigenvalue weighted by molar-refractivity contribution is 1.13. The van der Waals surface area contributed by atoms with Crippen LogP contribution in [0.2, 0.25) is 0 Å². The van der Waals surface area contributed by atoms with E-state index in [0.29, 0.717) is 5.95 Å². The van der Waals surface area contributed by atoms with Crippen LogP contribution in [-0.4, -0.2) is 9.97 Å². The van der Waals surface area contributed by atoms with Gasteiger partial charge in [0.25, 0.3) is 0 Å². The summed E-state index contributed by atoms with van der Waals surface area (Å²) >= 11 is 3.54. The highest BCUT2D eigenvalue weighted by Crippen LogP contribution is 2.39. The minimum absolute atomic E-state index is 0.331. The zero-order valence-corrected chi connectivity index (χ0v) is 9.45. The third kappa shape index (κ3) is 1.25. The monoisotopic (exact) mass is 261 g/mol. The molecule has 2 aromatic rings. The van der Waals surface area contributed by atoms with Crippen molar-refractivity contribution < 1.29 is 0 Å². The number of benzene rings is 1. The molecular formula is C11H8BrN3. The zero-order valence-electron chi connectivity index (χ0n) is 7.87. The van der Waals surface area contributed by atoms with Crippen molar-refractivity contribution in [2.45, 2.75) is 6.42 Å². The van der Waals surface area contributed by atoms with Crippen molar-refractivity contribution in [3.63, 3.8) is 0 Å². The van der Waals surface area contributed by atoms with Crippen LogP contribution in [0.5, 0.6) is 0 Å². The molecule has 0 amide bonds. The summed E-state index contributed by atoms with van der Waals surface area (Å²) in [5.41, 5.74) is 10.1. The van der Waals surface area contributed by atoms with Gasteiger partial charge in [0, 0.05) is 28.2 Å². The predicted molar refractivity (Wildman–Crippen MR) is 62.4 cm³/mol. The Balaban J connectivity index is 2.33. The topological polar surface area (TPSA) is 51.8 Å². The summed E-state index contributed by atoms with van der Waals surface area (Å²) in [6.45, 7) is 0. The Kier molecular flexibility index (Phi) is 1.79. The SMILES string of the molecule is Nc1ncc2c(n1)-c1c(Br)cccc1C2. The first-order chi connectivity index (χ1) is 7.25. The second-order valence-corrected chi connectivity index (χ2v) is 4.41. The van der Waals surface area contributed by atoms with Gasteiger partial charge in [-0.2, -0.15) is 0 Å². The normalized spacial score (nSPS) is 12.3. The van der Waals surface area contributed by atoms with Gasteiger partial charge in [-0.25, -0.2) is 9.97 Å². The van der Waals surface area contributed by atoms with Gasteiger partial charge in [-0.1, -0.05) is 28.1 Å². The second-order valence-electron chi connectivity index (χ2n) is 3.55. The maximum Gasteiger partial charge on any atom is 0.220 e. The van der Waals surface area contributed by atoms with Gasteiger partial charge in [-0.15, -0.1) is 0 Å². The third-order valence-electron chi connectivity index (χ3n) is 2.60. The van der Waals surface area contributed by atoms with Crippen LogP contribution in [-0.2, 0) is 6.42 Å². The number of fused-ring (bicyclic) bond motifs is 3. The number of nitrogens with zero attached hydrogens (tertiary/aromatic N) is 2. The summed E-state index contributed by atoms with van der Waals surface area (Å²) < 4.78 is 1.07. The van der Waals surface area contributed by atoms with Crippen LogP contribution in [0.25, 0.3) is 11.3 Å².